The second-order valence-electron chi connectivity index (χ2n) is 21.4. The predicted molar refractivity (Wildman–Crippen MR) is 368 cm³/mol. The molecular formula is C70H61N25. The third-order valence-electron chi connectivity index (χ3n) is 15.9. The Kier molecular flexibility index (Phi) is 16.7. The van der Waals surface area contributed by atoms with E-state index in [9.17, 15) is 0 Å². The van der Waals surface area contributed by atoms with Gasteiger partial charge >= 0.3 is 0 Å². The van der Waals surface area contributed by atoms with Crippen molar-refractivity contribution in [3.05, 3.63) is 195 Å². The van der Waals surface area contributed by atoms with E-state index in [1.54, 1.807) is 74.4 Å². The van der Waals surface area contributed by atoms with Crippen LogP contribution in [0.2, 0.25) is 0 Å². The first-order valence-corrected chi connectivity index (χ1v) is 31.0. The zero-order chi connectivity index (χ0) is 64.8. The van der Waals surface area contributed by atoms with Gasteiger partial charge in [-0.2, -0.15) is 15.3 Å². The second kappa shape index (κ2) is 26.6. The molecule has 0 unspecified atom stereocenters. The van der Waals surface area contributed by atoms with Crippen molar-refractivity contribution < 1.29 is 0 Å². The average Bonchev–Trinajstić information content (AvgIpc) is 1.64. The molecular weight excluding hydrogens is 1190 g/mol. The smallest absolute Gasteiger partial charge is 0.159 e. The quantitative estimate of drug-likeness (QED) is 0.0706. The van der Waals surface area contributed by atoms with Crippen LogP contribution in [0.3, 0.4) is 0 Å². The van der Waals surface area contributed by atoms with Crippen molar-refractivity contribution in [2.24, 2.45) is 7.05 Å². The van der Waals surface area contributed by atoms with Crippen molar-refractivity contribution in [1.29, 1.82) is 0 Å². The highest BCUT2D eigenvalue weighted by atomic mass is 15.2. The van der Waals surface area contributed by atoms with Crippen molar-refractivity contribution in [2.45, 2.75) is 41.0 Å². The maximum Gasteiger partial charge on any atom is 0.159 e. The minimum atomic E-state index is 0.657. The first-order valence-electron chi connectivity index (χ1n) is 31.0. The molecule has 0 aromatic carbocycles. The molecule has 95 heavy (non-hydrogen) atoms. The molecule has 0 saturated heterocycles. The fourth-order valence-corrected chi connectivity index (χ4v) is 11.2. The molecule has 7 N–H and O–H groups in total. The van der Waals surface area contributed by atoms with Crippen LogP contribution in [0.4, 0.5) is 0 Å². The summed E-state index contributed by atoms with van der Waals surface area (Å²) < 4.78 is 2.01. The van der Waals surface area contributed by atoms with Gasteiger partial charge in [0.15, 0.2) is 17.5 Å². The van der Waals surface area contributed by atoms with Crippen LogP contribution in [0.15, 0.2) is 184 Å². The first kappa shape index (κ1) is 59.8. The van der Waals surface area contributed by atoms with Crippen LogP contribution >= 0.6 is 0 Å². The van der Waals surface area contributed by atoms with E-state index < -0.39 is 0 Å². The third kappa shape index (κ3) is 11.8. The Morgan fingerprint density at radius 2 is 0.853 bits per heavy atom. The molecule has 0 radical (unpaired) electrons. The molecule has 25 nitrogen and oxygen atoms in total. The minimum Gasteiger partial charge on any atom is -0.335 e. The monoisotopic (exact) mass is 1250 g/mol. The van der Waals surface area contributed by atoms with Crippen molar-refractivity contribution in [1.82, 2.24) is 125 Å². The number of rotatable bonds is 9. The zero-order valence-electron chi connectivity index (χ0n) is 52.5. The van der Waals surface area contributed by atoms with Crippen LogP contribution < -0.4 is 5.32 Å². The summed E-state index contributed by atoms with van der Waals surface area (Å²) in [6.07, 6.45) is 29.9. The van der Waals surface area contributed by atoms with Crippen molar-refractivity contribution in [2.75, 3.05) is 13.1 Å². The molecule has 17 aromatic heterocycles. The van der Waals surface area contributed by atoms with Crippen LogP contribution in [0.25, 0.3) is 162 Å². The molecule has 0 saturated carbocycles. The second-order valence-corrected chi connectivity index (χ2v) is 21.4. The number of aryl methyl sites for hydroxylation is 1. The SMILES string of the molecule is C1=C(c2cc3c(-c4nc5c(-c6ccccn6)cncc5[nH]4)n[nH]c3cn2)CCNC1.CC.CC.Cc1ncc(-c2cc3c(-c4nc5c(-c6ccccn6)cncc5[nH]4)n[nH]c3cn2)n1C.c1ccc(-c2cc3c(-c4nc5c(-c6ccncc6)cncc5[nH]4)n[nH]c3cn2)nc1. The molecule has 0 fully saturated rings. The largest absolute Gasteiger partial charge is 0.335 e. The molecule has 0 spiro atoms. The van der Waals surface area contributed by atoms with E-state index in [0.29, 0.717) is 17.5 Å². The van der Waals surface area contributed by atoms with Crippen LogP contribution in [0.5, 0.6) is 0 Å². The molecule has 0 atom stereocenters. The van der Waals surface area contributed by atoms with Crippen LogP contribution in [0.1, 0.15) is 45.6 Å². The summed E-state index contributed by atoms with van der Waals surface area (Å²) in [4.78, 5) is 73.2. The first-order chi connectivity index (χ1) is 46.9. The van der Waals surface area contributed by atoms with Gasteiger partial charge in [-0.1, -0.05) is 52.0 Å². The highest BCUT2D eigenvalue weighted by Gasteiger charge is 2.22. The number of pyridine rings is 10. The summed E-state index contributed by atoms with van der Waals surface area (Å²) in [5.74, 6) is 2.94. The van der Waals surface area contributed by atoms with Crippen LogP contribution in [-0.4, -0.2) is 133 Å². The third-order valence-corrected chi connectivity index (χ3v) is 15.9. The topological polar surface area (TPSA) is 331 Å². The van der Waals surface area contributed by atoms with Gasteiger partial charge < -0.3 is 24.8 Å². The van der Waals surface area contributed by atoms with E-state index in [2.05, 4.69) is 118 Å². The number of hydrogen-bond acceptors (Lipinski definition) is 18. The lowest BCUT2D eigenvalue weighted by Crippen LogP contribution is -2.20. The summed E-state index contributed by atoms with van der Waals surface area (Å²) >= 11 is 0. The number of aromatic nitrogens is 24. The molecule has 18 rings (SSSR count). The maximum atomic E-state index is 4.86. The maximum absolute atomic E-state index is 4.86. The highest BCUT2D eigenvalue weighted by molar-refractivity contribution is 6.00. The summed E-state index contributed by atoms with van der Waals surface area (Å²) in [6.45, 7) is 11.8. The van der Waals surface area contributed by atoms with E-state index in [-0.39, 0.29) is 0 Å². The van der Waals surface area contributed by atoms with Gasteiger partial charge in [-0.3, -0.25) is 65.1 Å². The highest BCUT2D eigenvalue weighted by Crippen LogP contribution is 2.36. The Labute approximate surface area is 541 Å². The standard InChI is InChI=1S/C22H17N9.C22H18N8.C22H14N8.2C2H6/c1-12-25-11-19(31(12)2)16-7-13-17(10-26-16)29-30-21(13)22-27-18-9-23-8-14(20(18)28-22)15-5-3-4-6-24-15;1-2-6-25-16(3-1)15-10-24-11-19-20(15)28-22(27-19)21-14-9-17(13-4-7-23-8-5-13)26-12-18(14)29-30-21;1-2-6-25-16(3-1)17-9-14-18(12-26-17)29-30-21(14)22-27-19-11-24-10-15(20(19)28-22)13-4-7-23-8-5-13;2*1-2/h3-11H,1-2H3,(H,27,28)(H,29,30);1-4,6,9-12,23H,5,7-8H2,(H,27,28)(H,29,30);1-12H,(H,27,28)(H,29,30);2*1-2H3. The van der Waals surface area contributed by atoms with Crippen molar-refractivity contribution in [3.63, 3.8) is 0 Å². The Hall–Kier alpha value is -12.8. The lowest BCUT2D eigenvalue weighted by atomic mass is 10.0. The Morgan fingerprint density at radius 1 is 0.400 bits per heavy atom. The summed E-state index contributed by atoms with van der Waals surface area (Å²) in [5.41, 5.74) is 20.7. The fourth-order valence-electron chi connectivity index (χ4n) is 11.2. The molecule has 25 heteroatoms. The minimum absolute atomic E-state index is 0.657. The normalized spacial score (nSPS) is 12.0. The van der Waals surface area contributed by atoms with E-state index >= 15 is 0 Å². The average molecular weight is 1250 g/mol. The number of aromatic amines is 6. The Morgan fingerprint density at radius 3 is 1.32 bits per heavy atom. The van der Waals surface area contributed by atoms with Gasteiger partial charge in [-0.25, -0.2) is 19.9 Å². The Bertz CT molecular complexity index is 5530. The molecule has 0 amide bonds. The molecule has 1 aliphatic heterocycles. The molecule has 18 heterocycles. The number of nitrogens with zero attached hydrogens (tertiary/aromatic N) is 18. The van der Waals surface area contributed by atoms with Crippen LogP contribution in [0, 0.1) is 6.92 Å². The molecule has 17 aromatic rings. The molecule has 466 valence electrons. The van der Waals surface area contributed by atoms with E-state index in [0.717, 1.165) is 170 Å². The lowest BCUT2D eigenvalue weighted by Gasteiger charge is -2.13. The number of hydrogen-bond donors (Lipinski definition) is 7. The van der Waals surface area contributed by atoms with E-state index in [1.165, 1.54) is 5.57 Å². The number of H-pyrrole nitrogens is 6. The predicted octanol–water partition coefficient (Wildman–Crippen LogP) is 13.1. The van der Waals surface area contributed by atoms with Gasteiger partial charge in [0.1, 0.15) is 33.9 Å². The van der Waals surface area contributed by atoms with Gasteiger partial charge in [0.2, 0.25) is 0 Å². The summed E-state index contributed by atoms with van der Waals surface area (Å²) in [5, 5.41) is 28.9. The number of imidazole rings is 4. The van der Waals surface area contributed by atoms with Crippen molar-refractivity contribution >= 4 is 71.4 Å². The van der Waals surface area contributed by atoms with Crippen LogP contribution in [-0.2, 0) is 7.05 Å². The van der Waals surface area contributed by atoms with E-state index in [1.807, 2.05) is 144 Å². The Balaban J connectivity index is 0.000000120. The molecule has 0 bridgehead atoms. The van der Waals surface area contributed by atoms with Gasteiger partial charge in [0.25, 0.3) is 0 Å². The van der Waals surface area contributed by atoms with Crippen molar-refractivity contribution in [3.8, 4) is 91.0 Å². The van der Waals surface area contributed by atoms with Gasteiger partial charge in [0, 0.05) is 96.0 Å². The van der Waals surface area contributed by atoms with Gasteiger partial charge in [-0.15, -0.1) is 0 Å². The summed E-state index contributed by atoms with van der Waals surface area (Å²) in [7, 11) is 1.98. The van der Waals surface area contributed by atoms with Gasteiger partial charge in [0.05, 0.1) is 122 Å². The number of fused-ring (bicyclic) bond motifs is 6. The molecule has 1 aliphatic rings. The van der Waals surface area contributed by atoms with E-state index in [4.69, 9.17) is 15.0 Å². The van der Waals surface area contributed by atoms with Gasteiger partial charge in [-0.05, 0) is 97.8 Å². The molecule has 0 aliphatic carbocycles. The summed E-state index contributed by atoms with van der Waals surface area (Å²) in [6, 6.07) is 27.3. The number of nitrogens with one attached hydrogen (secondary N) is 7. The fraction of sp³-hybridized carbons (Fsp3) is 0.129. The zero-order valence-corrected chi connectivity index (χ0v) is 52.5. The lowest BCUT2D eigenvalue weighted by molar-refractivity contribution is 0.737.